The summed E-state index contributed by atoms with van der Waals surface area (Å²) in [6.45, 7) is 2.68. The summed E-state index contributed by atoms with van der Waals surface area (Å²) >= 11 is 6.11. The van der Waals surface area contributed by atoms with E-state index in [0.717, 1.165) is 49.0 Å². The predicted molar refractivity (Wildman–Crippen MR) is 80.6 cm³/mol. The Hall–Kier alpha value is -1.52. The lowest BCUT2D eigenvalue weighted by atomic mass is 10.0. The Morgan fingerprint density at radius 1 is 1.35 bits per heavy atom. The monoisotopic (exact) mass is 291 g/mol. The molecule has 0 spiro atoms. The maximum Gasteiger partial charge on any atom is 0.0877 e. The molecule has 0 saturated carbocycles. The molecule has 1 aliphatic heterocycles. The second-order valence-electron chi connectivity index (χ2n) is 5.05. The van der Waals surface area contributed by atoms with E-state index in [-0.39, 0.29) is 0 Å². The van der Waals surface area contributed by atoms with Crippen molar-refractivity contribution in [1.29, 1.82) is 0 Å². The Morgan fingerprint density at radius 3 is 2.95 bits per heavy atom. The number of anilines is 1. The Morgan fingerprint density at radius 2 is 2.20 bits per heavy atom. The number of rotatable bonds is 4. The van der Waals surface area contributed by atoms with Crippen LogP contribution in [0.3, 0.4) is 0 Å². The molecule has 5 heteroatoms. The van der Waals surface area contributed by atoms with E-state index in [9.17, 15) is 0 Å². The summed E-state index contributed by atoms with van der Waals surface area (Å²) in [4.78, 5) is 0. The molecule has 0 atom stereocenters. The molecule has 1 fully saturated rings. The highest BCUT2D eigenvalue weighted by Gasteiger charge is 2.14. The van der Waals surface area contributed by atoms with E-state index in [0.29, 0.717) is 5.92 Å². The number of benzene rings is 1. The summed E-state index contributed by atoms with van der Waals surface area (Å²) in [6.07, 6.45) is 5.94. The first kappa shape index (κ1) is 13.5. The fourth-order valence-corrected chi connectivity index (χ4v) is 2.64. The highest BCUT2D eigenvalue weighted by Crippen LogP contribution is 2.25. The van der Waals surface area contributed by atoms with Crippen molar-refractivity contribution < 1.29 is 4.74 Å². The van der Waals surface area contributed by atoms with Gasteiger partial charge in [0.2, 0.25) is 0 Å². The Bertz CT molecular complexity index is 550. The number of ether oxygens (including phenoxy) is 1. The van der Waals surface area contributed by atoms with E-state index in [1.165, 1.54) is 0 Å². The van der Waals surface area contributed by atoms with E-state index in [1.54, 1.807) is 6.20 Å². The Labute approximate surface area is 123 Å². The molecular weight excluding hydrogens is 274 g/mol. The molecule has 1 aromatic carbocycles. The first-order valence-electron chi connectivity index (χ1n) is 6.94. The maximum atomic E-state index is 6.11. The third-order valence-corrected chi connectivity index (χ3v) is 3.87. The topological polar surface area (TPSA) is 39.1 Å². The smallest absolute Gasteiger partial charge is 0.0877 e. The molecule has 20 heavy (non-hydrogen) atoms. The Kier molecular flexibility index (Phi) is 4.23. The lowest BCUT2D eigenvalue weighted by Gasteiger charge is -2.23. The van der Waals surface area contributed by atoms with Gasteiger partial charge in [-0.15, -0.1) is 0 Å². The van der Waals surface area contributed by atoms with Gasteiger partial charge in [-0.05, 0) is 43.0 Å². The van der Waals surface area contributed by atoms with Gasteiger partial charge in [0.25, 0.3) is 0 Å². The summed E-state index contributed by atoms with van der Waals surface area (Å²) in [6, 6.07) is 7.74. The van der Waals surface area contributed by atoms with Crippen LogP contribution >= 0.6 is 11.6 Å². The fraction of sp³-hybridized carbons (Fsp3) is 0.400. The van der Waals surface area contributed by atoms with Crippen molar-refractivity contribution in [3.05, 3.63) is 41.7 Å². The molecule has 1 saturated heterocycles. The van der Waals surface area contributed by atoms with Crippen LogP contribution in [0.5, 0.6) is 0 Å². The lowest BCUT2D eigenvalue weighted by Crippen LogP contribution is -2.23. The van der Waals surface area contributed by atoms with Crippen molar-refractivity contribution in [1.82, 2.24) is 9.78 Å². The summed E-state index contributed by atoms with van der Waals surface area (Å²) in [7, 11) is 0. The van der Waals surface area contributed by atoms with Crippen LogP contribution in [-0.2, 0) is 4.74 Å². The second-order valence-corrected chi connectivity index (χ2v) is 5.49. The van der Waals surface area contributed by atoms with E-state index < -0.39 is 0 Å². The van der Waals surface area contributed by atoms with Crippen molar-refractivity contribution in [2.24, 2.45) is 5.92 Å². The summed E-state index contributed by atoms with van der Waals surface area (Å²) in [5.74, 6) is 0.660. The average molecular weight is 292 g/mol. The van der Waals surface area contributed by atoms with Crippen LogP contribution in [0.25, 0.3) is 5.69 Å². The first-order chi connectivity index (χ1) is 9.83. The largest absolute Gasteiger partial charge is 0.383 e. The number of hydrogen-bond acceptors (Lipinski definition) is 3. The van der Waals surface area contributed by atoms with Crippen molar-refractivity contribution in [2.45, 2.75) is 12.8 Å². The third kappa shape index (κ3) is 3.14. The van der Waals surface area contributed by atoms with Gasteiger partial charge in [0.15, 0.2) is 0 Å². The standard InChI is InChI=1S/C15H18ClN3O/c16-13-2-3-15(19-7-1-6-18-19)14(10-13)17-11-12-4-8-20-9-5-12/h1-3,6-7,10,12,17H,4-5,8-9,11H2. The van der Waals surface area contributed by atoms with Crippen molar-refractivity contribution in [3.63, 3.8) is 0 Å². The van der Waals surface area contributed by atoms with Gasteiger partial charge in [-0.1, -0.05) is 11.6 Å². The van der Waals surface area contributed by atoms with Gasteiger partial charge in [-0.25, -0.2) is 4.68 Å². The summed E-state index contributed by atoms with van der Waals surface area (Å²) in [5.41, 5.74) is 2.04. The molecule has 1 aromatic heterocycles. The fourth-order valence-electron chi connectivity index (χ4n) is 2.47. The van der Waals surface area contributed by atoms with Crippen molar-refractivity contribution in [2.75, 3.05) is 25.1 Å². The van der Waals surface area contributed by atoms with Crippen LogP contribution < -0.4 is 5.32 Å². The molecule has 1 aliphatic rings. The molecular formula is C15H18ClN3O. The van der Waals surface area contributed by atoms with E-state index in [4.69, 9.17) is 16.3 Å². The van der Waals surface area contributed by atoms with Gasteiger partial charge in [0.1, 0.15) is 0 Å². The molecule has 2 aromatic rings. The molecule has 106 valence electrons. The minimum Gasteiger partial charge on any atom is -0.383 e. The van der Waals surface area contributed by atoms with Gasteiger partial charge >= 0.3 is 0 Å². The molecule has 1 N–H and O–H groups in total. The maximum absolute atomic E-state index is 6.11. The molecule has 2 heterocycles. The van der Waals surface area contributed by atoms with E-state index in [2.05, 4.69) is 10.4 Å². The van der Waals surface area contributed by atoms with Crippen molar-refractivity contribution >= 4 is 17.3 Å². The SMILES string of the molecule is Clc1ccc(-n2cccn2)c(NCC2CCOCC2)c1. The number of nitrogens with zero attached hydrogens (tertiary/aromatic N) is 2. The summed E-state index contributed by atoms with van der Waals surface area (Å²) in [5, 5.41) is 8.53. The zero-order valence-electron chi connectivity index (χ0n) is 11.3. The molecule has 0 radical (unpaired) electrons. The number of hydrogen-bond donors (Lipinski definition) is 1. The van der Waals surface area contributed by atoms with Crippen LogP contribution in [0.15, 0.2) is 36.7 Å². The van der Waals surface area contributed by atoms with E-state index >= 15 is 0 Å². The van der Waals surface area contributed by atoms with Crippen LogP contribution in [0.1, 0.15) is 12.8 Å². The molecule has 0 aliphatic carbocycles. The lowest BCUT2D eigenvalue weighted by molar-refractivity contribution is 0.0699. The summed E-state index contributed by atoms with van der Waals surface area (Å²) < 4.78 is 7.24. The molecule has 0 bridgehead atoms. The minimum atomic E-state index is 0.660. The number of aromatic nitrogens is 2. The van der Waals surface area contributed by atoms with Crippen LogP contribution in [0.2, 0.25) is 5.02 Å². The van der Waals surface area contributed by atoms with Gasteiger partial charge < -0.3 is 10.1 Å². The normalized spacial score (nSPS) is 16.2. The quantitative estimate of drug-likeness (QED) is 0.939. The second kappa shape index (κ2) is 6.29. The molecule has 3 rings (SSSR count). The number of halogens is 1. The van der Waals surface area contributed by atoms with Crippen molar-refractivity contribution in [3.8, 4) is 5.69 Å². The van der Waals surface area contributed by atoms with Gasteiger partial charge in [0, 0.05) is 37.2 Å². The minimum absolute atomic E-state index is 0.660. The zero-order chi connectivity index (χ0) is 13.8. The zero-order valence-corrected chi connectivity index (χ0v) is 12.0. The third-order valence-electron chi connectivity index (χ3n) is 3.63. The Balaban J connectivity index is 1.75. The predicted octanol–water partition coefficient (Wildman–Crippen LogP) is 3.36. The van der Waals surface area contributed by atoms with Crippen LogP contribution in [0, 0.1) is 5.92 Å². The van der Waals surface area contributed by atoms with E-state index in [1.807, 2.05) is 35.1 Å². The molecule has 0 unspecified atom stereocenters. The van der Waals surface area contributed by atoms with Gasteiger partial charge in [-0.3, -0.25) is 0 Å². The van der Waals surface area contributed by atoms with Gasteiger partial charge in [-0.2, -0.15) is 5.10 Å². The highest BCUT2D eigenvalue weighted by atomic mass is 35.5. The molecule has 0 amide bonds. The van der Waals surface area contributed by atoms with Crippen LogP contribution in [0.4, 0.5) is 5.69 Å². The first-order valence-corrected chi connectivity index (χ1v) is 7.32. The number of nitrogens with one attached hydrogen (secondary N) is 1. The molecule has 4 nitrogen and oxygen atoms in total. The van der Waals surface area contributed by atoms with Gasteiger partial charge in [0.05, 0.1) is 11.4 Å². The van der Waals surface area contributed by atoms with Crippen LogP contribution in [-0.4, -0.2) is 29.5 Å². The average Bonchev–Trinajstić information content (AvgIpc) is 3.00. The highest BCUT2D eigenvalue weighted by molar-refractivity contribution is 6.31.